The van der Waals surface area contributed by atoms with E-state index in [1.165, 1.54) is 6.92 Å². The van der Waals surface area contributed by atoms with Crippen molar-refractivity contribution in [3.63, 3.8) is 0 Å². The number of ketones is 1. The van der Waals surface area contributed by atoms with Gasteiger partial charge in [0, 0.05) is 24.2 Å². The van der Waals surface area contributed by atoms with E-state index in [9.17, 15) is 9.59 Å². The van der Waals surface area contributed by atoms with Gasteiger partial charge in [0.05, 0.1) is 0 Å². The van der Waals surface area contributed by atoms with Crippen molar-refractivity contribution in [3.8, 4) is 0 Å². The number of anilines is 1. The lowest BCUT2D eigenvalue weighted by Gasteiger charge is -2.05. The minimum absolute atomic E-state index is 0.0393. The molecule has 1 aromatic carbocycles. The predicted octanol–water partition coefficient (Wildman–Crippen LogP) is 2.17. The largest absolute Gasteiger partial charge is 0.481 e. The monoisotopic (exact) mass is 221 g/mol. The molecule has 1 rings (SSSR count). The number of aliphatic carboxylic acids is 1. The first-order valence-electron chi connectivity index (χ1n) is 5.16. The summed E-state index contributed by atoms with van der Waals surface area (Å²) in [7, 11) is 0. The fourth-order valence-electron chi connectivity index (χ4n) is 1.30. The van der Waals surface area contributed by atoms with Gasteiger partial charge in [-0.15, -0.1) is 0 Å². The molecule has 2 N–H and O–H groups in total. The average Bonchev–Trinajstić information content (AvgIpc) is 2.25. The number of carboxylic acid groups (broad SMARTS) is 1. The third-order valence-corrected chi connectivity index (χ3v) is 2.19. The number of rotatable bonds is 6. The Morgan fingerprint density at radius 1 is 1.25 bits per heavy atom. The van der Waals surface area contributed by atoms with Crippen molar-refractivity contribution in [1.29, 1.82) is 0 Å². The molecule has 4 nitrogen and oxygen atoms in total. The number of hydrogen-bond donors (Lipinski definition) is 2. The third-order valence-electron chi connectivity index (χ3n) is 2.19. The number of hydrogen-bond acceptors (Lipinski definition) is 3. The van der Waals surface area contributed by atoms with Crippen LogP contribution in [0.2, 0.25) is 0 Å². The van der Waals surface area contributed by atoms with Crippen molar-refractivity contribution in [1.82, 2.24) is 0 Å². The SMILES string of the molecule is CC(=O)c1ccc(NCCCC(=O)O)cc1. The molecule has 4 heteroatoms. The highest BCUT2D eigenvalue weighted by molar-refractivity contribution is 5.94. The molecule has 0 aliphatic heterocycles. The highest BCUT2D eigenvalue weighted by Gasteiger charge is 1.99. The van der Waals surface area contributed by atoms with Gasteiger partial charge in [0.1, 0.15) is 0 Å². The normalized spacial score (nSPS) is 9.81. The Balaban J connectivity index is 2.38. The van der Waals surface area contributed by atoms with E-state index in [-0.39, 0.29) is 12.2 Å². The van der Waals surface area contributed by atoms with E-state index in [4.69, 9.17) is 5.11 Å². The van der Waals surface area contributed by atoms with Gasteiger partial charge in [-0.2, -0.15) is 0 Å². The maximum Gasteiger partial charge on any atom is 0.303 e. The topological polar surface area (TPSA) is 66.4 Å². The molecule has 0 saturated carbocycles. The van der Waals surface area contributed by atoms with E-state index in [1.807, 2.05) is 12.1 Å². The van der Waals surface area contributed by atoms with Gasteiger partial charge >= 0.3 is 5.97 Å². The van der Waals surface area contributed by atoms with Gasteiger partial charge in [-0.25, -0.2) is 0 Å². The lowest BCUT2D eigenvalue weighted by atomic mass is 10.1. The van der Waals surface area contributed by atoms with Crippen LogP contribution in [0.15, 0.2) is 24.3 Å². The first kappa shape index (κ1) is 12.2. The average molecular weight is 221 g/mol. The number of carbonyl (C=O) groups excluding carboxylic acids is 1. The Kier molecular flexibility index (Phi) is 4.51. The van der Waals surface area contributed by atoms with Gasteiger partial charge in [0.15, 0.2) is 5.78 Å². The summed E-state index contributed by atoms with van der Waals surface area (Å²) in [5.41, 5.74) is 1.58. The van der Waals surface area contributed by atoms with Crippen LogP contribution in [0.25, 0.3) is 0 Å². The number of Topliss-reactive ketones (excluding diaryl/α,β-unsaturated/α-hetero) is 1. The number of nitrogens with one attached hydrogen (secondary N) is 1. The van der Waals surface area contributed by atoms with E-state index in [0.29, 0.717) is 18.5 Å². The van der Waals surface area contributed by atoms with Crippen LogP contribution in [0.5, 0.6) is 0 Å². The van der Waals surface area contributed by atoms with Gasteiger partial charge in [-0.05, 0) is 37.6 Å². The van der Waals surface area contributed by atoms with Gasteiger partial charge < -0.3 is 10.4 Å². The van der Waals surface area contributed by atoms with Gasteiger partial charge in [-0.3, -0.25) is 9.59 Å². The Bertz CT molecular complexity index is 370. The molecule has 16 heavy (non-hydrogen) atoms. The molecule has 0 aliphatic carbocycles. The van der Waals surface area contributed by atoms with Gasteiger partial charge in [0.25, 0.3) is 0 Å². The molecule has 0 heterocycles. The third kappa shape index (κ3) is 4.13. The number of carboxylic acids is 1. The Labute approximate surface area is 94.3 Å². The maximum absolute atomic E-state index is 11.0. The summed E-state index contributed by atoms with van der Waals surface area (Å²) in [4.78, 5) is 21.3. The summed E-state index contributed by atoms with van der Waals surface area (Å²) < 4.78 is 0. The Hall–Kier alpha value is -1.84. The van der Waals surface area contributed by atoms with Crippen LogP contribution in [0.1, 0.15) is 30.1 Å². The summed E-state index contributed by atoms with van der Waals surface area (Å²) in [6.45, 7) is 2.14. The molecule has 0 saturated heterocycles. The van der Waals surface area contributed by atoms with Crippen LogP contribution in [0, 0.1) is 0 Å². The Morgan fingerprint density at radius 2 is 1.88 bits per heavy atom. The van der Waals surface area contributed by atoms with E-state index < -0.39 is 5.97 Å². The van der Waals surface area contributed by atoms with Crippen molar-refractivity contribution in [3.05, 3.63) is 29.8 Å². The van der Waals surface area contributed by atoms with Crippen molar-refractivity contribution < 1.29 is 14.7 Å². The number of benzene rings is 1. The molecular weight excluding hydrogens is 206 g/mol. The van der Waals surface area contributed by atoms with Crippen LogP contribution in [0.4, 0.5) is 5.69 Å². The quantitative estimate of drug-likeness (QED) is 0.570. The fourth-order valence-corrected chi connectivity index (χ4v) is 1.30. The van der Waals surface area contributed by atoms with Gasteiger partial charge in [0.2, 0.25) is 0 Å². The molecule has 0 unspecified atom stereocenters. The molecular formula is C12H15NO3. The second-order valence-corrected chi connectivity index (χ2v) is 3.56. The van der Waals surface area contributed by atoms with Crippen LogP contribution in [0.3, 0.4) is 0 Å². The summed E-state index contributed by atoms with van der Waals surface area (Å²) >= 11 is 0. The summed E-state index contributed by atoms with van der Waals surface area (Å²) in [6, 6.07) is 7.14. The summed E-state index contributed by atoms with van der Waals surface area (Å²) in [5.74, 6) is -0.744. The lowest BCUT2D eigenvalue weighted by molar-refractivity contribution is -0.137. The van der Waals surface area contributed by atoms with Crippen LogP contribution in [-0.4, -0.2) is 23.4 Å². The van der Waals surface area contributed by atoms with Gasteiger partial charge in [-0.1, -0.05) is 0 Å². The van der Waals surface area contributed by atoms with Crippen molar-refractivity contribution in [2.75, 3.05) is 11.9 Å². The molecule has 0 fully saturated rings. The molecule has 0 radical (unpaired) electrons. The second kappa shape index (κ2) is 5.90. The number of carbonyl (C=O) groups is 2. The second-order valence-electron chi connectivity index (χ2n) is 3.56. The van der Waals surface area contributed by atoms with Crippen LogP contribution < -0.4 is 5.32 Å². The van der Waals surface area contributed by atoms with Crippen molar-refractivity contribution >= 4 is 17.4 Å². The smallest absolute Gasteiger partial charge is 0.303 e. The molecule has 0 bridgehead atoms. The maximum atomic E-state index is 11.0. The molecule has 0 aromatic heterocycles. The van der Waals surface area contributed by atoms with E-state index in [0.717, 1.165) is 5.69 Å². The highest BCUT2D eigenvalue weighted by Crippen LogP contribution is 2.10. The van der Waals surface area contributed by atoms with Crippen LogP contribution in [-0.2, 0) is 4.79 Å². The minimum Gasteiger partial charge on any atom is -0.481 e. The first-order valence-corrected chi connectivity index (χ1v) is 5.16. The first-order chi connectivity index (χ1) is 7.59. The highest BCUT2D eigenvalue weighted by atomic mass is 16.4. The Morgan fingerprint density at radius 3 is 2.38 bits per heavy atom. The lowest BCUT2D eigenvalue weighted by Crippen LogP contribution is -2.04. The molecule has 0 spiro atoms. The molecule has 0 amide bonds. The fraction of sp³-hybridized carbons (Fsp3) is 0.333. The zero-order valence-corrected chi connectivity index (χ0v) is 9.19. The molecule has 1 aromatic rings. The van der Waals surface area contributed by atoms with E-state index >= 15 is 0 Å². The molecule has 0 aliphatic rings. The zero-order valence-electron chi connectivity index (χ0n) is 9.19. The minimum atomic E-state index is -0.784. The van der Waals surface area contributed by atoms with Crippen molar-refractivity contribution in [2.45, 2.75) is 19.8 Å². The standard InChI is InChI=1S/C12H15NO3/c1-9(14)10-4-6-11(7-5-10)13-8-2-3-12(15)16/h4-7,13H,2-3,8H2,1H3,(H,15,16). The van der Waals surface area contributed by atoms with Crippen LogP contribution >= 0.6 is 0 Å². The summed E-state index contributed by atoms with van der Waals surface area (Å²) in [5, 5.41) is 11.5. The zero-order chi connectivity index (χ0) is 12.0. The predicted molar refractivity (Wildman–Crippen MR) is 61.8 cm³/mol. The van der Waals surface area contributed by atoms with Crippen molar-refractivity contribution in [2.24, 2.45) is 0 Å². The van der Waals surface area contributed by atoms with E-state index in [2.05, 4.69) is 5.32 Å². The molecule has 86 valence electrons. The molecule has 0 atom stereocenters. The van der Waals surface area contributed by atoms with E-state index in [1.54, 1.807) is 12.1 Å². The summed E-state index contributed by atoms with van der Waals surface area (Å²) in [6.07, 6.45) is 0.752.